The van der Waals surface area contributed by atoms with Gasteiger partial charge >= 0.3 is 6.09 Å². The molecule has 3 aromatic carbocycles. The number of carbonyl (C=O) groups is 2. The topological polar surface area (TPSA) is 81.2 Å². The first-order chi connectivity index (χ1) is 21.0. The molecule has 2 atom stereocenters. The average molecular weight is 582 g/mol. The maximum Gasteiger partial charge on any atom is 0.411 e. The second kappa shape index (κ2) is 13.9. The van der Waals surface area contributed by atoms with Crippen LogP contribution >= 0.6 is 0 Å². The van der Waals surface area contributed by atoms with Gasteiger partial charge in [0.05, 0.1) is 11.6 Å². The number of aromatic nitrogens is 1. The van der Waals surface area contributed by atoms with Gasteiger partial charge in [0.1, 0.15) is 12.3 Å². The summed E-state index contributed by atoms with van der Waals surface area (Å²) in [5.74, 6) is 0. The van der Waals surface area contributed by atoms with Crippen LogP contribution in [0.2, 0.25) is 0 Å². The van der Waals surface area contributed by atoms with Gasteiger partial charge in [0.2, 0.25) is 0 Å². The Bertz CT molecular complexity index is 1500. The number of rotatable bonds is 13. The van der Waals surface area contributed by atoms with Crippen molar-refractivity contribution in [1.82, 2.24) is 14.8 Å². The predicted molar refractivity (Wildman–Crippen MR) is 166 cm³/mol. The van der Waals surface area contributed by atoms with Gasteiger partial charge in [-0.2, -0.15) is 0 Å². The van der Waals surface area contributed by atoms with Crippen LogP contribution in [-0.2, 0) is 25.5 Å². The Morgan fingerprint density at radius 2 is 1.53 bits per heavy atom. The molecule has 1 heterocycles. The maximum absolute atomic E-state index is 13.6. The minimum Gasteiger partial charge on any atom is -0.436 e. The van der Waals surface area contributed by atoms with Crippen molar-refractivity contribution in [3.05, 3.63) is 102 Å². The predicted octanol–water partition coefficient (Wildman–Crippen LogP) is 6.23. The molecule has 0 unspecified atom stereocenters. The van der Waals surface area contributed by atoms with E-state index in [2.05, 4.69) is 9.88 Å². The van der Waals surface area contributed by atoms with Crippen LogP contribution in [0.4, 0.5) is 4.79 Å². The number of hydrogen-bond donors (Lipinski definition) is 0. The Labute approximate surface area is 253 Å². The standard InChI is InChI=1S/C35H39N3O5/c1-5-41-34(42-6-2)24(3)38(21-26-14-11-13-25-15-12-20-36-32(25)26)22-27(23-39)37(4)35(40)43-33-30-18-9-7-16-28(30)29-17-8-10-19-31(29)33/h7-20,23-24,27,33-34H,5-6,21-22H2,1-4H3/t24-,27-/m0/s1. The summed E-state index contributed by atoms with van der Waals surface area (Å²) in [7, 11) is 1.61. The number of amides is 1. The number of nitrogens with zero attached hydrogens (tertiary/aromatic N) is 3. The first-order valence-corrected chi connectivity index (χ1v) is 14.8. The molecule has 1 aliphatic carbocycles. The number of carbonyl (C=O) groups excluding carboxylic acids is 2. The summed E-state index contributed by atoms with van der Waals surface area (Å²) in [4.78, 5) is 34.3. The zero-order valence-corrected chi connectivity index (χ0v) is 25.2. The van der Waals surface area contributed by atoms with Crippen LogP contribution in [0.25, 0.3) is 22.0 Å². The van der Waals surface area contributed by atoms with E-state index in [1.54, 1.807) is 13.2 Å². The zero-order chi connectivity index (χ0) is 30.3. The van der Waals surface area contributed by atoms with Gasteiger partial charge in [0.25, 0.3) is 0 Å². The summed E-state index contributed by atoms with van der Waals surface area (Å²) in [6, 6.07) is 24.9. The molecule has 0 aliphatic heterocycles. The van der Waals surface area contributed by atoms with Crippen LogP contribution in [0.5, 0.6) is 0 Å². The fourth-order valence-corrected chi connectivity index (χ4v) is 5.77. The number of aldehydes is 1. The minimum atomic E-state index is -0.784. The number of para-hydroxylation sites is 1. The van der Waals surface area contributed by atoms with Crippen molar-refractivity contribution in [3.63, 3.8) is 0 Å². The lowest BCUT2D eigenvalue weighted by Crippen LogP contribution is -2.51. The molecular formula is C35H39N3O5. The van der Waals surface area contributed by atoms with E-state index in [-0.39, 0.29) is 12.6 Å². The highest BCUT2D eigenvalue weighted by molar-refractivity contribution is 5.82. The van der Waals surface area contributed by atoms with Crippen LogP contribution in [-0.4, -0.2) is 72.3 Å². The van der Waals surface area contributed by atoms with Gasteiger partial charge in [-0.3, -0.25) is 9.88 Å². The Morgan fingerprint density at radius 1 is 0.907 bits per heavy atom. The molecule has 1 aliphatic rings. The highest BCUT2D eigenvalue weighted by atomic mass is 16.7. The van der Waals surface area contributed by atoms with E-state index in [4.69, 9.17) is 14.2 Å². The Morgan fingerprint density at radius 3 is 2.16 bits per heavy atom. The third-order valence-electron chi connectivity index (χ3n) is 8.08. The fourth-order valence-electron chi connectivity index (χ4n) is 5.77. The van der Waals surface area contributed by atoms with Crippen LogP contribution in [0.15, 0.2) is 85.1 Å². The van der Waals surface area contributed by atoms with Crippen molar-refractivity contribution < 1.29 is 23.8 Å². The van der Waals surface area contributed by atoms with Crippen LogP contribution in [0.3, 0.4) is 0 Å². The quantitative estimate of drug-likeness (QED) is 0.137. The number of pyridine rings is 1. The molecule has 43 heavy (non-hydrogen) atoms. The van der Waals surface area contributed by atoms with E-state index in [1.165, 1.54) is 4.90 Å². The molecule has 1 amide bonds. The average Bonchev–Trinajstić information content (AvgIpc) is 3.35. The van der Waals surface area contributed by atoms with Crippen LogP contribution in [0, 0.1) is 0 Å². The lowest BCUT2D eigenvalue weighted by atomic mass is 10.1. The fraction of sp³-hybridized carbons (Fsp3) is 0.343. The van der Waals surface area contributed by atoms with Gasteiger partial charge in [-0.15, -0.1) is 0 Å². The molecule has 224 valence electrons. The van der Waals surface area contributed by atoms with Crippen molar-refractivity contribution in [2.24, 2.45) is 0 Å². The summed E-state index contributed by atoms with van der Waals surface area (Å²) in [5.41, 5.74) is 5.86. The largest absolute Gasteiger partial charge is 0.436 e. The summed E-state index contributed by atoms with van der Waals surface area (Å²) >= 11 is 0. The molecule has 4 aromatic rings. The molecule has 0 fully saturated rings. The van der Waals surface area contributed by atoms with E-state index in [0.717, 1.165) is 45.0 Å². The summed E-state index contributed by atoms with van der Waals surface area (Å²) in [6.07, 6.45) is 0.940. The third-order valence-corrected chi connectivity index (χ3v) is 8.08. The smallest absolute Gasteiger partial charge is 0.411 e. The highest BCUT2D eigenvalue weighted by Crippen LogP contribution is 2.45. The Kier molecular flexibility index (Phi) is 9.82. The lowest BCUT2D eigenvalue weighted by Gasteiger charge is -2.37. The molecule has 0 saturated carbocycles. The van der Waals surface area contributed by atoms with Gasteiger partial charge < -0.3 is 23.9 Å². The van der Waals surface area contributed by atoms with E-state index < -0.39 is 24.5 Å². The highest BCUT2D eigenvalue weighted by Gasteiger charge is 2.35. The molecule has 0 bridgehead atoms. The monoisotopic (exact) mass is 581 g/mol. The van der Waals surface area contributed by atoms with E-state index >= 15 is 0 Å². The SMILES string of the molecule is CCOC(OCC)[C@H](C)N(Cc1cccc2cccnc12)C[C@@H](C=O)N(C)C(=O)OC1c2ccccc2-c2ccccc21. The van der Waals surface area contributed by atoms with Gasteiger partial charge in [-0.1, -0.05) is 72.8 Å². The molecule has 1 aromatic heterocycles. The van der Waals surface area contributed by atoms with Crippen molar-refractivity contribution in [2.45, 2.75) is 51.8 Å². The van der Waals surface area contributed by atoms with E-state index in [9.17, 15) is 9.59 Å². The lowest BCUT2D eigenvalue weighted by molar-refractivity contribution is -0.173. The number of fused-ring (bicyclic) bond motifs is 4. The Balaban J connectivity index is 1.39. The number of hydrogen-bond acceptors (Lipinski definition) is 7. The molecule has 0 N–H and O–H groups in total. The van der Waals surface area contributed by atoms with Gasteiger partial charge in [-0.05, 0) is 43.5 Å². The molecule has 8 heteroatoms. The molecule has 8 nitrogen and oxygen atoms in total. The van der Waals surface area contributed by atoms with E-state index in [1.807, 2.05) is 99.6 Å². The molecular weight excluding hydrogens is 542 g/mol. The van der Waals surface area contributed by atoms with Gasteiger partial charge in [-0.25, -0.2) is 4.79 Å². The first-order valence-electron chi connectivity index (χ1n) is 14.8. The van der Waals surface area contributed by atoms with Gasteiger partial charge in [0, 0.05) is 56.1 Å². The van der Waals surface area contributed by atoms with Crippen molar-refractivity contribution in [3.8, 4) is 11.1 Å². The second-order valence-electron chi connectivity index (χ2n) is 10.7. The number of ether oxygens (including phenoxy) is 3. The molecule has 5 rings (SSSR count). The second-order valence-corrected chi connectivity index (χ2v) is 10.7. The molecule has 0 spiro atoms. The maximum atomic E-state index is 13.6. The van der Waals surface area contributed by atoms with E-state index in [0.29, 0.717) is 19.8 Å². The van der Waals surface area contributed by atoms with Crippen molar-refractivity contribution in [1.29, 1.82) is 0 Å². The first kappa shape index (κ1) is 30.4. The molecule has 0 radical (unpaired) electrons. The summed E-state index contributed by atoms with van der Waals surface area (Å²) in [5, 5.41) is 1.03. The summed E-state index contributed by atoms with van der Waals surface area (Å²) < 4.78 is 18.0. The van der Waals surface area contributed by atoms with Crippen molar-refractivity contribution >= 4 is 23.3 Å². The van der Waals surface area contributed by atoms with Crippen LogP contribution in [0.1, 0.15) is 43.6 Å². The van der Waals surface area contributed by atoms with Crippen molar-refractivity contribution in [2.75, 3.05) is 26.8 Å². The van der Waals surface area contributed by atoms with Crippen LogP contribution < -0.4 is 0 Å². The zero-order valence-electron chi connectivity index (χ0n) is 25.2. The number of benzene rings is 3. The minimum absolute atomic E-state index is 0.237. The third kappa shape index (κ3) is 6.46. The Hall–Kier alpha value is -4.11. The summed E-state index contributed by atoms with van der Waals surface area (Å²) in [6.45, 7) is 7.54. The number of likely N-dealkylation sites (N-methyl/N-ethyl adjacent to an activating group) is 1. The normalized spacial score (nSPS) is 14.0. The van der Waals surface area contributed by atoms with Gasteiger partial charge in [0.15, 0.2) is 12.4 Å². The molecule has 0 saturated heterocycles.